The van der Waals surface area contributed by atoms with E-state index in [1.54, 1.807) is 0 Å². The maximum Gasteiger partial charge on any atom is 0.239 e. The first kappa shape index (κ1) is 17.4. The van der Waals surface area contributed by atoms with E-state index >= 15 is 0 Å². The van der Waals surface area contributed by atoms with E-state index in [1.165, 1.54) is 64.2 Å². The van der Waals surface area contributed by atoms with Crippen molar-refractivity contribution in [3.8, 4) is 0 Å². The lowest BCUT2D eigenvalue weighted by atomic mass is 9.49. The van der Waals surface area contributed by atoms with E-state index in [-0.39, 0.29) is 23.8 Å². The Kier molecular flexibility index (Phi) is 5.06. The molecular weight excluding hydrogens is 312 g/mol. The van der Waals surface area contributed by atoms with Crippen molar-refractivity contribution in [3.05, 3.63) is 0 Å². The SMILES string of the molecule is O=C(CC12CC3CC(CC(C3)C1)C2)NCC(=O)NC1CCCCCC1. The Morgan fingerprint density at radius 3 is 1.92 bits per heavy atom. The summed E-state index contributed by atoms with van der Waals surface area (Å²) in [6.45, 7) is 0.154. The normalized spacial score (nSPS) is 37.5. The van der Waals surface area contributed by atoms with Gasteiger partial charge in [-0.3, -0.25) is 9.59 Å². The first-order valence-electron chi connectivity index (χ1n) is 10.7. The largest absolute Gasteiger partial charge is 0.352 e. The minimum atomic E-state index is -0.00855. The van der Waals surface area contributed by atoms with E-state index in [9.17, 15) is 9.59 Å². The molecule has 0 atom stereocenters. The van der Waals surface area contributed by atoms with Crippen LogP contribution < -0.4 is 10.6 Å². The molecule has 5 fully saturated rings. The molecule has 5 aliphatic rings. The zero-order valence-electron chi connectivity index (χ0n) is 15.5. The van der Waals surface area contributed by atoms with Crippen LogP contribution in [0.1, 0.15) is 83.5 Å². The summed E-state index contributed by atoms with van der Waals surface area (Å²) in [5.74, 6) is 2.71. The van der Waals surface area contributed by atoms with E-state index in [4.69, 9.17) is 0 Å². The van der Waals surface area contributed by atoms with Gasteiger partial charge in [0.1, 0.15) is 0 Å². The average Bonchev–Trinajstić information content (AvgIpc) is 2.80. The molecular formula is C21H34N2O2. The Hall–Kier alpha value is -1.06. The quantitative estimate of drug-likeness (QED) is 0.748. The molecule has 2 N–H and O–H groups in total. The van der Waals surface area contributed by atoms with E-state index < -0.39 is 0 Å². The molecule has 4 nitrogen and oxygen atoms in total. The van der Waals surface area contributed by atoms with E-state index in [1.807, 2.05) is 0 Å². The van der Waals surface area contributed by atoms with Gasteiger partial charge >= 0.3 is 0 Å². The smallest absolute Gasteiger partial charge is 0.239 e. The second kappa shape index (κ2) is 7.28. The van der Waals surface area contributed by atoms with E-state index in [0.717, 1.165) is 30.6 Å². The predicted octanol–water partition coefficient (Wildman–Crippen LogP) is 3.55. The standard InChI is InChI=1S/C21H34N2O2/c24-19(22-14-20(25)23-18-5-3-1-2-4-6-18)13-21-10-15-7-16(11-21)9-17(8-15)12-21/h15-18H,1-14H2,(H,22,24)(H,23,25). The summed E-state index contributed by atoms with van der Waals surface area (Å²) in [4.78, 5) is 24.7. The van der Waals surface area contributed by atoms with E-state index in [2.05, 4.69) is 10.6 Å². The molecule has 0 aromatic rings. The summed E-state index contributed by atoms with van der Waals surface area (Å²) in [7, 11) is 0. The second-order valence-corrected chi connectivity index (χ2v) is 9.63. The van der Waals surface area contributed by atoms with Gasteiger partial charge in [-0.05, 0) is 74.5 Å². The Morgan fingerprint density at radius 1 is 0.800 bits per heavy atom. The lowest BCUT2D eigenvalue weighted by molar-refractivity contribution is -0.132. The number of rotatable bonds is 5. The van der Waals surface area contributed by atoms with Gasteiger partial charge in [-0.2, -0.15) is 0 Å². The maximum atomic E-state index is 12.5. The molecule has 5 saturated carbocycles. The highest BCUT2D eigenvalue weighted by Gasteiger charge is 2.51. The molecule has 0 heterocycles. The minimum absolute atomic E-state index is 0.00855. The highest BCUT2D eigenvalue weighted by molar-refractivity contribution is 5.85. The Labute approximate surface area is 151 Å². The van der Waals surface area contributed by atoms with Crippen molar-refractivity contribution in [3.63, 3.8) is 0 Å². The molecule has 0 unspecified atom stereocenters. The highest BCUT2D eigenvalue weighted by Crippen LogP contribution is 2.61. The lowest BCUT2D eigenvalue weighted by Crippen LogP contribution is -2.49. The minimum Gasteiger partial charge on any atom is -0.352 e. The van der Waals surface area contributed by atoms with Crippen molar-refractivity contribution in [2.45, 2.75) is 89.5 Å². The summed E-state index contributed by atoms with van der Waals surface area (Å²) in [5.41, 5.74) is 0.261. The zero-order chi connectivity index (χ0) is 17.3. The number of hydrogen-bond donors (Lipinski definition) is 2. The lowest BCUT2D eigenvalue weighted by Gasteiger charge is -2.56. The molecule has 0 aromatic carbocycles. The first-order valence-corrected chi connectivity index (χ1v) is 10.7. The topological polar surface area (TPSA) is 58.2 Å². The van der Waals surface area contributed by atoms with Crippen molar-refractivity contribution in [1.82, 2.24) is 10.6 Å². The molecule has 140 valence electrons. The van der Waals surface area contributed by atoms with Crippen molar-refractivity contribution < 1.29 is 9.59 Å². The Balaban J connectivity index is 1.22. The average molecular weight is 347 g/mol. The van der Waals surface area contributed by atoms with Crippen LogP contribution in [0.25, 0.3) is 0 Å². The fourth-order valence-corrected chi connectivity index (χ4v) is 6.79. The van der Waals surface area contributed by atoms with Gasteiger partial charge in [-0.25, -0.2) is 0 Å². The van der Waals surface area contributed by atoms with Crippen LogP contribution in [0, 0.1) is 23.2 Å². The van der Waals surface area contributed by atoms with Crippen molar-refractivity contribution in [2.24, 2.45) is 23.2 Å². The highest BCUT2D eigenvalue weighted by atomic mass is 16.2. The van der Waals surface area contributed by atoms with Gasteiger partial charge < -0.3 is 10.6 Å². The number of amides is 2. The third-order valence-corrected chi connectivity index (χ3v) is 7.37. The second-order valence-electron chi connectivity index (χ2n) is 9.63. The summed E-state index contributed by atoms with van der Waals surface area (Å²) in [6.07, 6.45) is 15.8. The van der Waals surface area contributed by atoms with Gasteiger partial charge in [0.05, 0.1) is 6.54 Å². The molecule has 4 heteroatoms. The summed E-state index contributed by atoms with van der Waals surface area (Å²) >= 11 is 0. The third kappa shape index (κ3) is 4.20. The summed E-state index contributed by atoms with van der Waals surface area (Å²) < 4.78 is 0. The molecule has 4 bridgehead atoms. The maximum absolute atomic E-state index is 12.5. The number of carbonyl (C=O) groups excluding carboxylic acids is 2. The van der Waals surface area contributed by atoms with Gasteiger partial charge in [-0.15, -0.1) is 0 Å². The molecule has 0 saturated heterocycles. The van der Waals surface area contributed by atoms with Crippen molar-refractivity contribution in [1.29, 1.82) is 0 Å². The van der Waals surface area contributed by atoms with E-state index in [0.29, 0.717) is 12.5 Å². The molecule has 0 spiro atoms. The molecule has 0 aliphatic heterocycles. The van der Waals surface area contributed by atoms with Crippen LogP contribution in [0.15, 0.2) is 0 Å². The van der Waals surface area contributed by atoms with Gasteiger partial charge in [0.15, 0.2) is 0 Å². The van der Waals surface area contributed by atoms with Gasteiger partial charge in [0.25, 0.3) is 0 Å². The Bertz CT molecular complexity index is 473. The molecule has 25 heavy (non-hydrogen) atoms. The summed E-state index contributed by atoms with van der Waals surface area (Å²) in [5, 5.41) is 6.03. The van der Waals surface area contributed by atoms with Gasteiger partial charge in [0, 0.05) is 12.5 Å². The van der Waals surface area contributed by atoms with Crippen LogP contribution in [-0.2, 0) is 9.59 Å². The number of hydrogen-bond acceptors (Lipinski definition) is 2. The van der Waals surface area contributed by atoms with Crippen LogP contribution in [0.3, 0.4) is 0 Å². The van der Waals surface area contributed by atoms with Gasteiger partial charge in [-0.1, -0.05) is 25.7 Å². The number of nitrogens with one attached hydrogen (secondary N) is 2. The van der Waals surface area contributed by atoms with Gasteiger partial charge in [0.2, 0.25) is 11.8 Å². The summed E-state index contributed by atoms with van der Waals surface area (Å²) in [6, 6.07) is 0.315. The molecule has 5 rings (SSSR count). The molecule has 0 aromatic heterocycles. The van der Waals surface area contributed by atoms with Crippen LogP contribution in [-0.4, -0.2) is 24.4 Å². The fraction of sp³-hybridized carbons (Fsp3) is 0.905. The third-order valence-electron chi connectivity index (χ3n) is 7.37. The Morgan fingerprint density at radius 2 is 1.36 bits per heavy atom. The predicted molar refractivity (Wildman–Crippen MR) is 97.9 cm³/mol. The van der Waals surface area contributed by atoms with Crippen molar-refractivity contribution >= 4 is 11.8 Å². The fourth-order valence-electron chi connectivity index (χ4n) is 6.79. The first-order chi connectivity index (χ1) is 12.1. The molecule has 2 amide bonds. The molecule has 5 aliphatic carbocycles. The van der Waals surface area contributed by atoms with Crippen LogP contribution >= 0.6 is 0 Å². The van der Waals surface area contributed by atoms with Crippen LogP contribution in [0.2, 0.25) is 0 Å². The number of carbonyl (C=O) groups is 2. The van der Waals surface area contributed by atoms with Crippen molar-refractivity contribution in [2.75, 3.05) is 6.54 Å². The monoisotopic (exact) mass is 346 g/mol. The van der Waals surface area contributed by atoms with Crippen LogP contribution in [0.4, 0.5) is 0 Å². The van der Waals surface area contributed by atoms with Crippen LogP contribution in [0.5, 0.6) is 0 Å². The molecule has 0 radical (unpaired) electrons. The zero-order valence-corrected chi connectivity index (χ0v) is 15.5.